The summed E-state index contributed by atoms with van der Waals surface area (Å²) in [7, 11) is 0. The van der Waals surface area contributed by atoms with Crippen molar-refractivity contribution in [3.63, 3.8) is 0 Å². The van der Waals surface area contributed by atoms with Crippen LogP contribution in [0, 0.1) is 5.92 Å². The average molecular weight is 199 g/mol. The fourth-order valence-electron chi connectivity index (χ4n) is 1.42. The Labute approximate surface area is 88.4 Å². The summed E-state index contributed by atoms with van der Waals surface area (Å²) in [6.07, 6.45) is 6.63. The molecule has 14 heavy (non-hydrogen) atoms. The van der Waals surface area contributed by atoms with Gasteiger partial charge >= 0.3 is 0 Å². The highest BCUT2D eigenvalue weighted by Gasteiger charge is 2.19. The molecule has 0 spiro atoms. The van der Waals surface area contributed by atoms with Gasteiger partial charge in [-0.25, -0.2) is 0 Å². The van der Waals surface area contributed by atoms with Crippen LogP contribution >= 0.6 is 0 Å². The Hall–Kier alpha value is -0.0800. The summed E-state index contributed by atoms with van der Waals surface area (Å²) in [6, 6.07) is 0.868. The molecule has 0 aliphatic heterocycles. The second kappa shape index (κ2) is 7.24. The zero-order chi connectivity index (χ0) is 10.2. The molecule has 0 bridgehead atoms. The van der Waals surface area contributed by atoms with Gasteiger partial charge in [-0.2, -0.15) is 0 Å². The number of nitrogens with one attached hydrogen (secondary N) is 1. The van der Waals surface area contributed by atoms with Crippen LogP contribution in [0.4, 0.5) is 0 Å². The monoisotopic (exact) mass is 199 g/mol. The molecule has 84 valence electrons. The van der Waals surface area contributed by atoms with Crippen LogP contribution in [0.15, 0.2) is 0 Å². The molecule has 0 aromatic heterocycles. The summed E-state index contributed by atoms with van der Waals surface area (Å²) in [6.45, 7) is 7.45. The Morgan fingerprint density at radius 2 is 2.00 bits per heavy atom. The Bertz CT molecular complexity index is 124. The normalized spacial score (nSPS) is 16.5. The maximum atomic E-state index is 5.51. The zero-order valence-corrected chi connectivity index (χ0v) is 9.72. The van der Waals surface area contributed by atoms with Gasteiger partial charge in [0.1, 0.15) is 0 Å². The van der Waals surface area contributed by atoms with E-state index < -0.39 is 0 Å². The molecular weight excluding hydrogens is 174 g/mol. The predicted molar refractivity (Wildman–Crippen MR) is 60.5 cm³/mol. The Morgan fingerprint density at radius 3 is 2.64 bits per heavy atom. The number of unbranched alkanes of at least 4 members (excludes halogenated alkanes) is 2. The average Bonchev–Trinajstić information content (AvgIpc) is 2.92. The summed E-state index contributed by atoms with van der Waals surface area (Å²) in [5, 5.41) is 3.52. The van der Waals surface area contributed by atoms with Gasteiger partial charge in [-0.05, 0) is 44.6 Å². The van der Waals surface area contributed by atoms with Gasteiger partial charge in [-0.1, -0.05) is 13.8 Å². The van der Waals surface area contributed by atoms with Gasteiger partial charge in [0.25, 0.3) is 0 Å². The maximum absolute atomic E-state index is 5.51. The smallest absolute Gasteiger partial charge is 0.0488 e. The second-order valence-corrected chi connectivity index (χ2v) is 4.76. The van der Waals surface area contributed by atoms with E-state index in [1.165, 1.54) is 38.6 Å². The molecule has 1 aliphatic rings. The molecule has 0 atom stereocenters. The van der Waals surface area contributed by atoms with Gasteiger partial charge in [0.05, 0.1) is 0 Å². The van der Waals surface area contributed by atoms with Gasteiger partial charge in [0.2, 0.25) is 0 Å². The lowest BCUT2D eigenvalue weighted by molar-refractivity contribution is 0.106. The standard InChI is InChI=1S/C12H25NO/c1-11(2)10-14-9-5-3-4-8-13-12-6-7-12/h11-13H,3-10H2,1-2H3. The fourth-order valence-corrected chi connectivity index (χ4v) is 1.42. The molecule has 0 radical (unpaired) electrons. The van der Waals surface area contributed by atoms with E-state index in [0.717, 1.165) is 19.3 Å². The van der Waals surface area contributed by atoms with Crippen molar-refractivity contribution in [3.05, 3.63) is 0 Å². The lowest BCUT2D eigenvalue weighted by Crippen LogP contribution is -2.17. The molecule has 1 fully saturated rings. The van der Waals surface area contributed by atoms with Crippen molar-refractivity contribution in [2.45, 2.75) is 52.0 Å². The molecule has 2 nitrogen and oxygen atoms in total. The molecule has 0 saturated heterocycles. The highest BCUT2D eigenvalue weighted by Crippen LogP contribution is 2.18. The Morgan fingerprint density at radius 1 is 1.21 bits per heavy atom. The van der Waals surface area contributed by atoms with Crippen LogP contribution in [0.2, 0.25) is 0 Å². The second-order valence-electron chi connectivity index (χ2n) is 4.76. The van der Waals surface area contributed by atoms with Crippen LogP contribution in [-0.2, 0) is 4.74 Å². The van der Waals surface area contributed by atoms with E-state index >= 15 is 0 Å². The van der Waals surface area contributed by atoms with E-state index in [0.29, 0.717) is 5.92 Å². The first kappa shape index (κ1) is 12.0. The Balaban J connectivity index is 1.66. The molecule has 0 aromatic carbocycles. The SMILES string of the molecule is CC(C)COCCCCCNC1CC1. The third-order valence-electron chi connectivity index (χ3n) is 2.43. The molecule has 0 heterocycles. The maximum Gasteiger partial charge on any atom is 0.0488 e. The molecule has 0 aromatic rings. The van der Waals surface area contributed by atoms with E-state index in [1.807, 2.05) is 0 Å². The summed E-state index contributed by atoms with van der Waals surface area (Å²) < 4.78 is 5.51. The third-order valence-corrected chi connectivity index (χ3v) is 2.43. The van der Waals surface area contributed by atoms with Crippen molar-refractivity contribution in [1.29, 1.82) is 0 Å². The summed E-state index contributed by atoms with van der Waals surface area (Å²) in [5.41, 5.74) is 0. The van der Waals surface area contributed by atoms with Crippen LogP contribution in [0.5, 0.6) is 0 Å². The summed E-state index contributed by atoms with van der Waals surface area (Å²) in [5.74, 6) is 0.673. The molecule has 0 unspecified atom stereocenters. The molecular formula is C12H25NO. The zero-order valence-electron chi connectivity index (χ0n) is 9.72. The van der Waals surface area contributed by atoms with Gasteiger partial charge in [0.15, 0.2) is 0 Å². The largest absolute Gasteiger partial charge is 0.381 e. The quantitative estimate of drug-likeness (QED) is 0.576. The minimum atomic E-state index is 0.673. The topological polar surface area (TPSA) is 21.3 Å². The van der Waals surface area contributed by atoms with Crippen molar-refractivity contribution in [2.75, 3.05) is 19.8 Å². The van der Waals surface area contributed by atoms with Crippen LogP contribution < -0.4 is 5.32 Å². The highest BCUT2D eigenvalue weighted by molar-refractivity contribution is 4.80. The van der Waals surface area contributed by atoms with Crippen molar-refractivity contribution in [3.8, 4) is 0 Å². The lowest BCUT2D eigenvalue weighted by Gasteiger charge is -2.06. The molecule has 2 heteroatoms. The van der Waals surface area contributed by atoms with Crippen molar-refractivity contribution < 1.29 is 4.74 Å². The van der Waals surface area contributed by atoms with Crippen LogP contribution in [0.3, 0.4) is 0 Å². The molecule has 1 saturated carbocycles. The van der Waals surface area contributed by atoms with Gasteiger partial charge < -0.3 is 10.1 Å². The van der Waals surface area contributed by atoms with E-state index in [9.17, 15) is 0 Å². The van der Waals surface area contributed by atoms with E-state index in [1.54, 1.807) is 0 Å². The predicted octanol–water partition coefficient (Wildman–Crippen LogP) is 2.58. The first-order chi connectivity index (χ1) is 6.79. The van der Waals surface area contributed by atoms with Crippen molar-refractivity contribution >= 4 is 0 Å². The molecule has 1 N–H and O–H groups in total. The van der Waals surface area contributed by atoms with E-state index in [-0.39, 0.29) is 0 Å². The van der Waals surface area contributed by atoms with E-state index in [2.05, 4.69) is 19.2 Å². The van der Waals surface area contributed by atoms with Crippen molar-refractivity contribution in [1.82, 2.24) is 5.32 Å². The Kier molecular flexibility index (Phi) is 6.20. The first-order valence-corrected chi connectivity index (χ1v) is 6.10. The van der Waals surface area contributed by atoms with Gasteiger partial charge in [0, 0.05) is 19.3 Å². The van der Waals surface area contributed by atoms with Crippen LogP contribution in [0.1, 0.15) is 46.0 Å². The van der Waals surface area contributed by atoms with Crippen LogP contribution in [-0.4, -0.2) is 25.8 Å². The summed E-state index contributed by atoms with van der Waals surface area (Å²) >= 11 is 0. The van der Waals surface area contributed by atoms with Gasteiger partial charge in [-0.15, -0.1) is 0 Å². The fraction of sp³-hybridized carbons (Fsp3) is 1.00. The number of hydrogen-bond donors (Lipinski definition) is 1. The van der Waals surface area contributed by atoms with E-state index in [4.69, 9.17) is 4.74 Å². The highest BCUT2D eigenvalue weighted by atomic mass is 16.5. The number of ether oxygens (including phenoxy) is 1. The molecule has 0 amide bonds. The minimum absolute atomic E-state index is 0.673. The molecule has 1 rings (SSSR count). The summed E-state index contributed by atoms with van der Waals surface area (Å²) in [4.78, 5) is 0. The van der Waals surface area contributed by atoms with Crippen molar-refractivity contribution in [2.24, 2.45) is 5.92 Å². The van der Waals surface area contributed by atoms with Crippen LogP contribution in [0.25, 0.3) is 0 Å². The van der Waals surface area contributed by atoms with Gasteiger partial charge in [-0.3, -0.25) is 0 Å². The number of rotatable bonds is 9. The minimum Gasteiger partial charge on any atom is -0.381 e. The first-order valence-electron chi connectivity index (χ1n) is 6.10. The molecule has 1 aliphatic carbocycles. The number of hydrogen-bond acceptors (Lipinski definition) is 2. The lowest BCUT2D eigenvalue weighted by atomic mass is 10.2. The third kappa shape index (κ3) is 7.34.